The lowest BCUT2D eigenvalue weighted by Crippen LogP contribution is -2.27. The highest BCUT2D eigenvalue weighted by molar-refractivity contribution is 9.10. The van der Waals surface area contributed by atoms with Crippen LogP contribution in [-0.4, -0.2) is 10.2 Å². The fourth-order valence-corrected chi connectivity index (χ4v) is 3.84. The van der Waals surface area contributed by atoms with E-state index in [-0.39, 0.29) is 5.91 Å². The van der Waals surface area contributed by atoms with Crippen LogP contribution in [0, 0.1) is 0 Å². The Morgan fingerprint density at radius 3 is 2.39 bits per heavy atom. The monoisotopic (exact) mass is 403 g/mol. The summed E-state index contributed by atoms with van der Waals surface area (Å²) in [7, 11) is 0. The van der Waals surface area contributed by atoms with Crippen molar-refractivity contribution in [2.45, 2.75) is 13.3 Å². The number of aryl methyl sites for hydroxylation is 1. The van der Waals surface area contributed by atoms with Gasteiger partial charge in [0.15, 0.2) is 4.32 Å². The molecule has 0 spiro atoms. The highest BCUT2D eigenvalue weighted by atomic mass is 79.9. The van der Waals surface area contributed by atoms with Crippen molar-refractivity contribution in [1.29, 1.82) is 0 Å². The van der Waals surface area contributed by atoms with Crippen molar-refractivity contribution >= 4 is 61.9 Å². The van der Waals surface area contributed by atoms with Gasteiger partial charge in [0.25, 0.3) is 5.91 Å². The van der Waals surface area contributed by atoms with E-state index < -0.39 is 0 Å². The van der Waals surface area contributed by atoms with Gasteiger partial charge in [-0.1, -0.05) is 71.1 Å². The first-order valence-electron chi connectivity index (χ1n) is 7.21. The van der Waals surface area contributed by atoms with E-state index >= 15 is 0 Å². The molecule has 0 bridgehead atoms. The first-order chi connectivity index (χ1) is 11.1. The van der Waals surface area contributed by atoms with E-state index in [4.69, 9.17) is 12.2 Å². The fourth-order valence-electron chi connectivity index (χ4n) is 2.28. The third-order valence-corrected chi connectivity index (χ3v) is 5.40. The van der Waals surface area contributed by atoms with Crippen LogP contribution in [0.4, 0.5) is 5.69 Å². The Morgan fingerprint density at radius 1 is 1.13 bits per heavy atom. The maximum atomic E-state index is 12.7. The first kappa shape index (κ1) is 16.4. The van der Waals surface area contributed by atoms with Crippen LogP contribution >= 0.6 is 39.9 Å². The van der Waals surface area contributed by atoms with Crippen LogP contribution < -0.4 is 4.90 Å². The number of nitrogens with zero attached hydrogens (tertiary/aromatic N) is 1. The number of halogens is 1. The van der Waals surface area contributed by atoms with Gasteiger partial charge in [-0.05, 0) is 47.9 Å². The van der Waals surface area contributed by atoms with Gasteiger partial charge in [-0.25, -0.2) is 0 Å². The molecule has 1 fully saturated rings. The lowest BCUT2D eigenvalue weighted by molar-refractivity contribution is -0.113. The molecule has 1 aliphatic rings. The summed E-state index contributed by atoms with van der Waals surface area (Å²) >= 11 is 10.1. The summed E-state index contributed by atoms with van der Waals surface area (Å²) in [6.07, 6.45) is 2.86. The quantitative estimate of drug-likeness (QED) is 0.504. The molecule has 116 valence electrons. The molecule has 0 atom stereocenters. The molecule has 0 radical (unpaired) electrons. The second-order valence-electron chi connectivity index (χ2n) is 5.09. The highest BCUT2D eigenvalue weighted by Crippen LogP contribution is 2.36. The van der Waals surface area contributed by atoms with Crippen LogP contribution in [-0.2, 0) is 11.2 Å². The lowest BCUT2D eigenvalue weighted by atomic mass is 10.1. The number of hydrogen-bond donors (Lipinski definition) is 0. The second kappa shape index (κ2) is 6.99. The number of carbonyl (C=O) groups is 1. The third kappa shape index (κ3) is 3.57. The van der Waals surface area contributed by atoms with Crippen molar-refractivity contribution in [2.24, 2.45) is 0 Å². The number of benzene rings is 2. The number of hydrogen-bond acceptors (Lipinski definition) is 3. The van der Waals surface area contributed by atoms with E-state index in [1.54, 1.807) is 4.90 Å². The second-order valence-corrected chi connectivity index (χ2v) is 7.68. The number of thioether (sulfide) groups is 1. The fraction of sp³-hybridized carbons (Fsp3) is 0.111. The molecule has 1 amide bonds. The average Bonchev–Trinajstić information content (AvgIpc) is 2.84. The van der Waals surface area contributed by atoms with Gasteiger partial charge in [0.05, 0.1) is 10.6 Å². The van der Waals surface area contributed by atoms with Crippen molar-refractivity contribution in [3.8, 4) is 0 Å². The van der Waals surface area contributed by atoms with Gasteiger partial charge in [-0.15, -0.1) is 0 Å². The lowest BCUT2D eigenvalue weighted by Gasteiger charge is -2.14. The van der Waals surface area contributed by atoms with Crippen LogP contribution in [0.5, 0.6) is 0 Å². The van der Waals surface area contributed by atoms with E-state index in [1.165, 1.54) is 17.3 Å². The molecule has 3 rings (SSSR count). The molecule has 0 aliphatic carbocycles. The summed E-state index contributed by atoms with van der Waals surface area (Å²) in [4.78, 5) is 14.9. The maximum absolute atomic E-state index is 12.7. The molecule has 2 aromatic carbocycles. The minimum absolute atomic E-state index is 0.0628. The summed E-state index contributed by atoms with van der Waals surface area (Å²) in [5.74, 6) is -0.0628. The maximum Gasteiger partial charge on any atom is 0.270 e. The topological polar surface area (TPSA) is 20.3 Å². The first-order valence-corrected chi connectivity index (χ1v) is 9.22. The van der Waals surface area contributed by atoms with Gasteiger partial charge in [0, 0.05) is 4.47 Å². The Kier molecular flexibility index (Phi) is 4.99. The number of amides is 1. The van der Waals surface area contributed by atoms with E-state index in [9.17, 15) is 4.79 Å². The Morgan fingerprint density at radius 2 is 1.78 bits per heavy atom. The van der Waals surface area contributed by atoms with Gasteiger partial charge in [0.1, 0.15) is 0 Å². The summed E-state index contributed by atoms with van der Waals surface area (Å²) in [6, 6.07) is 15.8. The van der Waals surface area contributed by atoms with Crippen LogP contribution in [0.15, 0.2) is 57.9 Å². The molecule has 2 aromatic rings. The molecule has 1 aliphatic heterocycles. The highest BCUT2D eigenvalue weighted by Gasteiger charge is 2.33. The SMILES string of the molecule is CCc1ccc(N2C(=O)/C(=C/c3ccc(Br)cc3)SC2=S)cc1. The molecule has 2 nitrogen and oxygen atoms in total. The number of carbonyl (C=O) groups excluding carboxylic acids is 1. The molecule has 1 heterocycles. The molecule has 0 saturated carbocycles. The Labute approximate surface area is 153 Å². The Bertz CT molecular complexity index is 782. The van der Waals surface area contributed by atoms with Crippen molar-refractivity contribution in [3.63, 3.8) is 0 Å². The third-order valence-electron chi connectivity index (χ3n) is 3.56. The van der Waals surface area contributed by atoms with Crippen molar-refractivity contribution < 1.29 is 4.79 Å². The number of thiocarbonyl (C=S) groups is 1. The predicted molar refractivity (Wildman–Crippen MR) is 106 cm³/mol. The molecule has 5 heteroatoms. The Balaban J connectivity index is 1.88. The molecular weight excluding hydrogens is 390 g/mol. The smallest absolute Gasteiger partial charge is 0.268 e. The minimum Gasteiger partial charge on any atom is -0.268 e. The summed E-state index contributed by atoms with van der Waals surface area (Å²) in [6.45, 7) is 2.11. The Hall–Kier alpha value is -1.43. The van der Waals surface area contributed by atoms with Crippen LogP contribution in [0.1, 0.15) is 18.1 Å². The summed E-state index contributed by atoms with van der Waals surface area (Å²) < 4.78 is 1.58. The van der Waals surface area contributed by atoms with Gasteiger partial charge in [-0.3, -0.25) is 9.69 Å². The molecular formula is C18H14BrNOS2. The van der Waals surface area contributed by atoms with E-state index in [0.29, 0.717) is 9.23 Å². The zero-order valence-corrected chi connectivity index (χ0v) is 15.7. The zero-order chi connectivity index (χ0) is 16.4. The number of anilines is 1. The van der Waals surface area contributed by atoms with Gasteiger partial charge in [-0.2, -0.15) is 0 Å². The van der Waals surface area contributed by atoms with Crippen LogP contribution in [0.2, 0.25) is 0 Å². The van der Waals surface area contributed by atoms with Gasteiger partial charge in [0.2, 0.25) is 0 Å². The summed E-state index contributed by atoms with van der Waals surface area (Å²) in [5, 5.41) is 0. The van der Waals surface area contributed by atoms with Gasteiger partial charge < -0.3 is 0 Å². The summed E-state index contributed by atoms with van der Waals surface area (Å²) in [5.41, 5.74) is 3.04. The van der Waals surface area contributed by atoms with E-state index in [1.807, 2.05) is 54.6 Å². The molecule has 0 aromatic heterocycles. The molecule has 0 unspecified atom stereocenters. The minimum atomic E-state index is -0.0628. The van der Waals surface area contributed by atoms with Crippen molar-refractivity contribution in [1.82, 2.24) is 0 Å². The molecule has 1 saturated heterocycles. The predicted octanol–water partition coefficient (Wildman–Crippen LogP) is 5.42. The molecule has 0 N–H and O–H groups in total. The van der Waals surface area contributed by atoms with E-state index in [0.717, 1.165) is 22.1 Å². The van der Waals surface area contributed by atoms with Crippen LogP contribution in [0.25, 0.3) is 6.08 Å². The van der Waals surface area contributed by atoms with Crippen molar-refractivity contribution in [2.75, 3.05) is 4.90 Å². The van der Waals surface area contributed by atoms with E-state index in [2.05, 4.69) is 22.9 Å². The average molecular weight is 404 g/mol. The van der Waals surface area contributed by atoms with Crippen molar-refractivity contribution in [3.05, 3.63) is 69.0 Å². The largest absolute Gasteiger partial charge is 0.270 e. The molecule has 23 heavy (non-hydrogen) atoms. The standard InChI is InChI=1S/C18H14BrNOS2/c1-2-12-5-9-15(10-6-12)20-17(21)16(23-18(20)22)11-13-3-7-14(19)8-4-13/h3-11H,2H2,1H3/b16-11-. The zero-order valence-electron chi connectivity index (χ0n) is 12.5. The normalized spacial score (nSPS) is 16.4. The number of rotatable bonds is 3. The van der Waals surface area contributed by atoms with Crippen LogP contribution in [0.3, 0.4) is 0 Å². The van der Waals surface area contributed by atoms with Gasteiger partial charge >= 0.3 is 0 Å².